The Labute approximate surface area is 173 Å². The van der Waals surface area contributed by atoms with Gasteiger partial charge in [0.2, 0.25) is 11.7 Å². The van der Waals surface area contributed by atoms with E-state index in [2.05, 4.69) is 25.7 Å². The van der Waals surface area contributed by atoms with Gasteiger partial charge < -0.3 is 14.4 Å². The van der Waals surface area contributed by atoms with Crippen molar-refractivity contribution in [2.24, 2.45) is 0 Å². The van der Waals surface area contributed by atoms with Crippen molar-refractivity contribution in [3.05, 3.63) is 71.0 Å². The van der Waals surface area contributed by atoms with Crippen molar-refractivity contribution in [2.45, 2.75) is 13.5 Å². The fraction of sp³-hybridized carbons (Fsp3) is 0.100. The molecule has 0 atom stereocenters. The number of anilines is 1. The summed E-state index contributed by atoms with van der Waals surface area (Å²) in [6.45, 7) is 1.41. The lowest BCUT2D eigenvalue weighted by Crippen LogP contribution is -2.28. The Bertz CT molecular complexity index is 1450. The fourth-order valence-corrected chi connectivity index (χ4v) is 3.09. The standard InChI is InChI=1S/C20H15N7O4/c1-12-10-15(24-30-12)21-16(28)11-27-20(29)26-9-5-8-14(18(26)23-27)19-22-17(25-31-19)13-6-3-2-4-7-13/h2-10H,11H2,1H3,(H,21,24,28). The van der Waals surface area contributed by atoms with Gasteiger partial charge in [-0.15, -0.1) is 5.10 Å². The minimum atomic E-state index is -0.480. The second-order valence-electron chi connectivity index (χ2n) is 6.72. The number of aromatic nitrogens is 6. The number of hydrogen-bond acceptors (Lipinski definition) is 8. The zero-order valence-corrected chi connectivity index (χ0v) is 16.2. The van der Waals surface area contributed by atoms with E-state index in [1.807, 2.05) is 30.3 Å². The summed E-state index contributed by atoms with van der Waals surface area (Å²) in [5.74, 6) is 0.980. The van der Waals surface area contributed by atoms with E-state index >= 15 is 0 Å². The van der Waals surface area contributed by atoms with Crippen LogP contribution in [0, 0.1) is 6.92 Å². The SMILES string of the molecule is Cc1cc(NC(=O)Cn2nc3c(-c4nc(-c5ccccc5)no4)cccn3c2=O)no1. The van der Waals surface area contributed by atoms with Crippen LogP contribution in [-0.2, 0) is 11.3 Å². The minimum Gasteiger partial charge on any atom is -0.360 e. The molecule has 1 aromatic carbocycles. The molecule has 31 heavy (non-hydrogen) atoms. The van der Waals surface area contributed by atoms with Crippen LogP contribution in [0.25, 0.3) is 28.5 Å². The van der Waals surface area contributed by atoms with Crippen LogP contribution in [0.1, 0.15) is 5.76 Å². The fourth-order valence-electron chi connectivity index (χ4n) is 3.09. The molecule has 0 saturated carbocycles. The molecule has 5 rings (SSSR count). The number of hydrogen-bond donors (Lipinski definition) is 1. The molecule has 5 aromatic rings. The summed E-state index contributed by atoms with van der Waals surface area (Å²) in [7, 11) is 0. The zero-order chi connectivity index (χ0) is 21.4. The number of amides is 1. The van der Waals surface area contributed by atoms with E-state index in [0.29, 0.717) is 22.8 Å². The number of fused-ring (bicyclic) bond motifs is 1. The summed E-state index contributed by atoms with van der Waals surface area (Å²) in [5, 5.41) is 14.6. The summed E-state index contributed by atoms with van der Waals surface area (Å²) < 4.78 is 12.7. The van der Waals surface area contributed by atoms with Crippen molar-refractivity contribution in [1.29, 1.82) is 0 Å². The molecule has 1 amide bonds. The van der Waals surface area contributed by atoms with Gasteiger partial charge in [-0.25, -0.2) is 13.9 Å². The highest BCUT2D eigenvalue weighted by atomic mass is 16.5. The maximum atomic E-state index is 12.7. The number of nitrogens with zero attached hydrogens (tertiary/aromatic N) is 6. The van der Waals surface area contributed by atoms with Crippen LogP contribution >= 0.6 is 0 Å². The normalized spacial score (nSPS) is 11.1. The lowest BCUT2D eigenvalue weighted by Gasteiger charge is -1.99. The van der Waals surface area contributed by atoms with Gasteiger partial charge in [-0.3, -0.25) is 4.79 Å². The number of carbonyl (C=O) groups is 1. The first-order valence-electron chi connectivity index (χ1n) is 9.29. The molecule has 0 unspecified atom stereocenters. The van der Waals surface area contributed by atoms with E-state index < -0.39 is 11.6 Å². The van der Waals surface area contributed by atoms with Crippen LogP contribution in [0.4, 0.5) is 5.82 Å². The van der Waals surface area contributed by atoms with Gasteiger partial charge in [-0.2, -0.15) is 4.98 Å². The van der Waals surface area contributed by atoms with Crippen LogP contribution in [0.15, 0.2) is 68.6 Å². The molecule has 1 N–H and O–H groups in total. The van der Waals surface area contributed by atoms with Crippen LogP contribution in [0.2, 0.25) is 0 Å². The van der Waals surface area contributed by atoms with Crippen molar-refractivity contribution in [2.75, 3.05) is 5.32 Å². The van der Waals surface area contributed by atoms with Gasteiger partial charge in [-0.05, 0) is 19.1 Å². The second-order valence-corrected chi connectivity index (χ2v) is 6.72. The largest absolute Gasteiger partial charge is 0.360 e. The third-order valence-corrected chi connectivity index (χ3v) is 4.49. The molecule has 0 aliphatic carbocycles. The van der Waals surface area contributed by atoms with Crippen LogP contribution in [0.3, 0.4) is 0 Å². The van der Waals surface area contributed by atoms with Crippen LogP contribution in [-0.4, -0.2) is 35.4 Å². The highest BCUT2D eigenvalue weighted by molar-refractivity contribution is 5.89. The summed E-state index contributed by atoms with van der Waals surface area (Å²) in [5.41, 5.74) is 1.08. The number of nitrogens with one attached hydrogen (secondary N) is 1. The van der Waals surface area contributed by atoms with E-state index in [1.165, 1.54) is 4.40 Å². The number of pyridine rings is 1. The Morgan fingerprint density at radius 2 is 1.94 bits per heavy atom. The molecule has 4 heterocycles. The first-order valence-corrected chi connectivity index (χ1v) is 9.29. The predicted molar refractivity (Wildman–Crippen MR) is 108 cm³/mol. The Morgan fingerprint density at radius 3 is 2.71 bits per heavy atom. The zero-order valence-electron chi connectivity index (χ0n) is 16.2. The van der Waals surface area contributed by atoms with E-state index in [-0.39, 0.29) is 18.3 Å². The Hall–Kier alpha value is -4.54. The number of benzene rings is 1. The van der Waals surface area contributed by atoms with E-state index in [4.69, 9.17) is 9.05 Å². The molecule has 0 spiro atoms. The molecule has 0 fully saturated rings. The Morgan fingerprint density at radius 1 is 1.10 bits per heavy atom. The van der Waals surface area contributed by atoms with Gasteiger partial charge in [0, 0.05) is 17.8 Å². The molecule has 11 heteroatoms. The van der Waals surface area contributed by atoms with Gasteiger partial charge in [0.15, 0.2) is 11.5 Å². The Balaban J connectivity index is 1.47. The molecule has 0 bridgehead atoms. The first kappa shape index (κ1) is 18.5. The van der Waals surface area contributed by atoms with Crippen molar-refractivity contribution in [3.63, 3.8) is 0 Å². The summed E-state index contributed by atoms with van der Waals surface area (Å²) in [6, 6.07) is 14.3. The average molecular weight is 417 g/mol. The summed E-state index contributed by atoms with van der Waals surface area (Å²) in [6.07, 6.45) is 1.55. The molecule has 4 aromatic heterocycles. The highest BCUT2D eigenvalue weighted by Gasteiger charge is 2.19. The smallest absolute Gasteiger partial charge is 0.350 e. The maximum Gasteiger partial charge on any atom is 0.350 e. The topological polar surface area (TPSA) is 133 Å². The monoisotopic (exact) mass is 417 g/mol. The first-order chi connectivity index (χ1) is 15.1. The number of aryl methyl sites for hydroxylation is 1. The van der Waals surface area contributed by atoms with Gasteiger partial charge in [-0.1, -0.05) is 40.6 Å². The predicted octanol–water partition coefficient (Wildman–Crippen LogP) is 2.15. The van der Waals surface area contributed by atoms with Crippen molar-refractivity contribution in [1.82, 2.24) is 29.5 Å². The van der Waals surface area contributed by atoms with Gasteiger partial charge >= 0.3 is 5.69 Å². The quantitative estimate of drug-likeness (QED) is 0.460. The minimum absolute atomic E-state index is 0.212. The van der Waals surface area contributed by atoms with Crippen molar-refractivity contribution in [3.8, 4) is 22.8 Å². The molecule has 0 aliphatic heterocycles. The lowest BCUT2D eigenvalue weighted by atomic mass is 10.2. The highest BCUT2D eigenvalue weighted by Crippen LogP contribution is 2.24. The van der Waals surface area contributed by atoms with E-state index in [9.17, 15) is 9.59 Å². The van der Waals surface area contributed by atoms with Gasteiger partial charge in [0.05, 0.1) is 5.56 Å². The summed E-state index contributed by atoms with van der Waals surface area (Å²) in [4.78, 5) is 29.4. The molecule has 0 radical (unpaired) electrons. The van der Waals surface area contributed by atoms with E-state index in [0.717, 1.165) is 10.2 Å². The molecule has 0 aliphatic rings. The van der Waals surface area contributed by atoms with Gasteiger partial charge in [0.25, 0.3) is 5.89 Å². The lowest BCUT2D eigenvalue weighted by molar-refractivity contribution is -0.117. The second kappa shape index (κ2) is 7.37. The molecule has 11 nitrogen and oxygen atoms in total. The summed E-state index contributed by atoms with van der Waals surface area (Å²) >= 11 is 0. The molecular weight excluding hydrogens is 402 g/mol. The van der Waals surface area contributed by atoms with Crippen LogP contribution < -0.4 is 11.0 Å². The Kier molecular flexibility index (Phi) is 4.40. The molecule has 154 valence electrons. The molecular formula is C20H15N7O4. The van der Waals surface area contributed by atoms with Gasteiger partial charge in [0.1, 0.15) is 12.3 Å². The van der Waals surface area contributed by atoms with Crippen molar-refractivity contribution < 1.29 is 13.8 Å². The van der Waals surface area contributed by atoms with Crippen molar-refractivity contribution >= 4 is 17.4 Å². The average Bonchev–Trinajstić information content (AvgIpc) is 3.49. The number of carbonyl (C=O) groups excluding carboxylic acids is 1. The number of rotatable bonds is 5. The van der Waals surface area contributed by atoms with Crippen LogP contribution in [0.5, 0.6) is 0 Å². The van der Waals surface area contributed by atoms with E-state index in [1.54, 1.807) is 31.3 Å². The third-order valence-electron chi connectivity index (χ3n) is 4.49. The third kappa shape index (κ3) is 3.48. The maximum absolute atomic E-state index is 12.7. The molecule has 0 saturated heterocycles.